The molecule has 3 aliphatic rings. The normalized spacial score (nSPS) is 15.0. The van der Waals surface area contributed by atoms with Crippen LogP contribution in [-0.2, 0) is 57.6 Å². The minimum absolute atomic E-state index is 0.0442. The van der Waals surface area contributed by atoms with E-state index < -0.39 is 22.2 Å². The third kappa shape index (κ3) is 11.0. The second kappa shape index (κ2) is 17.4. The highest BCUT2D eigenvalue weighted by atomic mass is 32.2. The fraction of sp³-hybridized carbons (Fsp3) is 0.462. The van der Waals surface area contributed by atoms with Gasteiger partial charge in [0.2, 0.25) is 13.6 Å². The van der Waals surface area contributed by atoms with Crippen LogP contribution in [0.4, 0.5) is 13.2 Å². The third-order valence-electron chi connectivity index (χ3n) is 9.38. The number of rotatable bonds is 10. The average molecular weight is 791 g/mol. The van der Waals surface area contributed by atoms with Gasteiger partial charge in [-0.2, -0.15) is 21.6 Å². The molecule has 0 saturated carbocycles. The summed E-state index contributed by atoms with van der Waals surface area (Å²) in [6.45, 7) is 6.22. The lowest BCUT2D eigenvalue weighted by Gasteiger charge is -2.12. The summed E-state index contributed by atoms with van der Waals surface area (Å²) >= 11 is 0. The Morgan fingerprint density at radius 3 is 2.20 bits per heavy atom. The first-order valence-electron chi connectivity index (χ1n) is 18.1. The summed E-state index contributed by atoms with van der Waals surface area (Å²) in [4.78, 5) is 11.1. The summed E-state index contributed by atoms with van der Waals surface area (Å²) in [5.74, 6) is 4.23. The van der Waals surface area contributed by atoms with Crippen molar-refractivity contribution in [3.05, 3.63) is 92.8 Å². The minimum Gasteiger partial charge on any atom is -0.465 e. The van der Waals surface area contributed by atoms with Gasteiger partial charge in [0.05, 0.1) is 12.9 Å². The van der Waals surface area contributed by atoms with Gasteiger partial charge < -0.3 is 38.4 Å². The molecule has 298 valence electrons. The molecule has 0 fully saturated rings. The number of hydrogen-bond acceptors (Lipinski definition) is 11. The lowest BCUT2D eigenvalue weighted by Crippen LogP contribution is -2.37. The van der Waals surface area contributed by atoms with Crippen LogP contribution in [0.2, 0.25) is 0 Å². The highest BCUT2D eigenvalue weighted by Gasteiger charge is 2.38. The van der Waals surface area contributed by atoms with Gasteiger partial charge in [-0.1, -0.05) is 0 Å². The molecule has 0 saturated heterocycles. The van der Waals surface area contributed by atoms with Gasteiger partial charge in [0.15, 0.2) is 23.0 Å². The molecule has 0 atom stereocenters. The molecule has 12 nitrogen and oxygen atoms in total. The molecule has 7 rings (SSSR count). The fourth-order valence-electron chi connectivity index (χ4n) is 6.57. The number of benzene rings is 2. The van der Waals surface area contributed by atoms with Crippen LogP contribution in [0.5, 0.6) is 23.0 Å². The number of ether oxygens (including phenoxy) is 4. The number of furan rings is 2. The van der Waals surface area contributed by atoms with Crippen LogP contribution in [-0.4, -0.2) is 66.6 Å². The van der Waals surface area contributed by atoms with Crippen LogP contribution in [0, 0.1) is 13.8 Å². The van der Waals surface area contributed by atoms with Crippen molar-refractivity contribution < 1.29 is 58.3 Å². The number of hydrogen-bond donors (Lipinski definition) is 2. The standard InChI is InChI=1S/C21H24F3NO7S.C18H21NO3/c1-13-8-16(4-3-7-31-33(2,27)28)32-17(13)10-15-11-19-18(29-12-30-19)9-14(15)5-6-25-20(26)21(22,23)24;1-12-7-15-3-2-5-19-6-4-13-8-17-18(21-11-20-17)10-14(13)9-16(12)22-15/h8-9,11H,3-7,10,12H2,1-2H3,(H,25,26);7-8,10,19H,2-6,9,11H2,1H3. The monoisotopic (exact) mass is 790 g/mol. The first kappa shape index (κ1) is 40.0. The summed E-state index contributed by atoms with van der Waals surface area (Å²) in [6.07, 6.45) is 1.42. The first-order valence-corrected chi connectivity index (χ1v) is 19.9. The Morgan fingerprint density at radius 2 is 1.51 bits per heavy atom. The van der Waals surface area contributed by atoms with E-state index in [0.29, 0.717) is 54.6 Å². The maximum atomic E-state index is 12.4. The van der Waals surface area contributed by atoms with Crippen LogP contribution in [0.25, 0.3) is 0 Å². The van der Waals surface area contributed by atoms with E-state index in [2.05, 4.69) is 30.4 Å². The van der Waals surface area contributed by atoms with E-state index in [4.69, 9.17) is 32.0 Å². The molecule has 16 heteroatoms. The van der Waals surface area contributed by atoms with E-state index in [1.807, 2.05) is 18.3 Å². The van der Waals surface area contributed by atoms with Crippen molar-refractivity contribution >= 4 is 16.0 Å². The van der Waals surface area contributed by atoms with Crippen LogP contribution in [0.3, 0.4) is 0 Å². The van der Waals surface area contributed by atoms with E-state index in [1.165, 1.54) is 16.7 Å². The van der Waals surface area contributed by atoms with Crippen LogP contribution in [0.1, 0.15) is 69.3 Å². The van der Waals surface area contributed by atoms with Gasteiger partial charge in [0, 0.05) is 32.2 Å². The molecule has 0 radical (unpaired) electrons. The van der Waals surface area contributed by atoms with Gasteiger partial charge >= 0.3 is 12.1 Å². The molecule has 0 aliphatic carbocycles. The third-order valence-corrected chi connectivity index (χ3v) is 9.98. The molecule has 4 aromatic rings. The summed E-state index contributed by atoms with van der Waals surface area (Å²) in [5.41, 5.74) is 6.17. The second-order valence-corrected chi connectivity index (χ2v) is 15.3. The SMILES string of the molecule is Cc1cc(CCCOS(C)(=O)=O)oc1Cc1cc2c(cc1CCNC(=O)C(F)(F)F)OCO2.Cc1cc2oc1Cc1cc3c(cc1CCNCCC2)OCO3. The Balaban J connectivity index is 0.000000201. The van der Waals surface area contributed by atoms with E-state index in [1.54, 1.807) is 12.1 Å². The zero-order valence-corrected chi connectivity index (χ0v) is 31.8. The maximum Gasteiger partial charge on any atom is 0.471 e. The number of amides is 1. The molecule has 2 N–H and O–H groups in total. The highest BCUT2D eigenvalue weighted by molar-refractivity contribution is 7.85. The number of fused-ring (bicyclic) bond motifs is 5. The van der Waals surface area contributed by atoms with Crippen LogP contribution >= 0.6 is 0 Å². The molecular weight excluding hydrogens is 745 g/mol. The number of aryl methyl sites for hydroxylation is 4. The van der Waals surface area contributed by atoms with Crippen LogP contribution < -0.4 is 29.6 Å². The molecule has 1 amide bonds. The Labute approximate surface area is 317 Å². The fourth-order valence-corrected chi connectivity index (χ4v) is 6.99. The molecular formula is C39H45F3N2O10S. The molecule has 5 heterocycles. The first-order chi connectivity index (χ1) is 26.2. The zero-order valence-electron chi connectivity index (χ0n) is 31.0. The predicted octanol–water partition coefficient (Wildman–Crippen LogP) is 6.02. The smallest absolute Gasteiger partial charge is 0.465 e. The zero-order chi connectivity index (χ0) is 39.2. The summed E-state index contributed by atoms with van der Waals surface area (Å²) in [6, 6.07) is 11.7. The van der Waals surface area contributed by atoms with Gasteiger partial charge in [0.1, 0.15) is 23.0 Å². The van der Waals surface area contributed by atoms with E-state index >= 15 is 0 Å². The molecule has 0 unspecified atom stereocenters. The molecule has 3 aliphatic heterocycles. The lowest BCUT2D eigenvalue weighted by atomic mass is 9.98. The van der Waals surface area contributed by atoms with E-state index in [9.17, 15) is 26.4 Å². The highest BCUT2D eigenvalue weighted by Crippen LogP contribution is 2.38. The van der Waals surface area contributed by atoms with Crippen molar-refractivity contribution in [2.24, 2.45) is 0 Å². The largest absolute Gasteiger partial charge is 0.471 e. The summed E-state index contributed by atoms with van der Waals surface area (Å²) in [7, 11) is -3.49. The van der Waals surface area contributed by atoms with Crippen LogP contribution in [0.15, 0.2) is 45.2 Å². The van der Waals surface area contributed by atoms with Gasteiger partial charge in [-0.25, -0.2) is 0 Å². The molecule has 2 bridgehead atoms. The summed E-state index contributed by atoms with van der Waals surface area (Å²) in [5, 5.41) is 5.38. The molecule has 2 aromatic heterocycles. The maximum absolute atomic E-state index is 12.4. The number of halogens is 3. The van der Waals surface area contributed by atoms with Crippen molar-refractivity contribution in [2.75, 3.05) is 46.1 Å². The van der Waals surface area contributed by atoms with Gasteiger partial charge in [-0.3, -0.25) is 8.98 Å². The molecule has 55 heavy (non-hydrogen) atoms. The van der Waals surface area contributed by atoms with Crippen molar-refractivity contribution in [1.29, 1.82) is 0 Å². The van der Waals surface area contributed by atoms with Crippen molar-refractivity contribution in [3.63, 3.8) is 0 Å². The quantitative estimate of drug-likeness (QED) is 0.144. The Bertz CT molecular complexity index is 2090. The van der Waals surface area contributed by atoms with Crippen molar-refractivity contribution in [2.45, 2.75) is 71.4 Å². The summed E-state index contributed by atoms with van der Waals surface area (Å²) < 4.78 is 97.9. The Morgan fingerprint density at radius 1 is 0.836 bits per heavy atom. The van der Waals surface area contributed by atoms with E-state index in [0.717, 1.165) is 79.2 Å². The lowest BCUT2D eigenvalue weighted by molar-refractivity contribution is -0.173. The predicted molar refractivity (Wildman–Crippen MR) is 194 cm³/mol. The number of carbonyl (C=O) groups excluding carboxylic acids is 1. The van der Waals surface area contributed by atoms with E-state index in [-0.39, 0.29) is 26.4 Å². The Kier molecular flexibility index (Phi) is 12.7. The molecule has 2 aromatic carbocycles. The van der Waals surface area contributed by atoms with Crippen molar-refractivity contribution in [3.8, 4) is 23.0 Å². The van der Waals surface area contributed by atoms with Gasteiger partial charge in [-0.05, 0) is 122 Å². The molecule has 0 spiro atoms. The topological polar surface area (TPSA) is 148 Å². The number of carbonyl (C=O) groups is 1. The Hall–Kier alpha value is -4.67. The van der Waals surface area contributed by atoms with Gasteiger partial charge in [0.25, 0.3) is 10.1 Å². The second-order valence-electron chi connectivity index (χ2n) is 13.7. The number of alkyl halides is 3. The van der Waals surface area contributed by atoms with Gasteiger partial charge in [-0.15, -0.1) is 0 Å². The minimum atomic E-state index is -4.94. The van der Waals surface area contributed by atoms with Crippen molar-refractivity contribution in [1.82, 2.24) is 10.6 Å². The number of nitrogens with one attached hydrogen (secondary N) is 2. The average Bonchev–Trinajstić information content (AvgIpc) is 3.91.